The second kappa shape index (κ2) is 4.81. The molecule has 2 aromatic rings. The number of aromatic nitrogens is 3. The summed E-state index contributed by atoms with van der Waals surface area (Å²) in [7, 11) is 0. The number of hydrogen-bond acceptors (Lipinski definition) is 5. The molecule has 18 heavy (non-hydrogen) atoms. The fraction of sp³-hybridized carbons (Fsp3) is 0.417. The zero-order chi connectivity index (χ0) is 12.4. The molecule has 0 aliphatic carbocycles. The normalized spacial score (nSPS) is 19.9. The van der Waals surface area contributed by atoms with Crippen LogP contribution in [0.3, 0.4) is 0 Å². The predicted octanol–water partition coefficient (Wildman–Crippen LogP) is 2.16. The molecule has 1 unspecified atom stereocenters. The van der Waals surface area contributed by atoms with E-state index in [1.807, 2.05) is 0 Å². The van der Waals surface area contributed by atoms with Crippen LogP contribution in [0.1, 0.15) is 24.7 Å². The van der Waals surface area contributed by atoms with Crippen molar-refractivity contribution in [2.24, 2.45) is 0 Å². The van der Waals surface area contributed by atoms with E-state index in [4.69, 9.17) is 9.15 Å². The summed E-state index contributed by atoms with van der Waals surface area (Å²) >= 11 is 0. The van der Waals surface area contributed by atoms with Gasteiger partial charge < -0.3 is 9.15 Å². The third-order valence-electron chi connectivity index (χ3n) is 2.95. The van der Waals surface area contributed by atoms with Crippen LogP contribution in [-0.4, -0.2) is 28.4 Å². The zero-order valence-electron chi connectivity index (χ0n) is 9.67. The van der Waals surface area contributed by atoms with Crippen LogP contribution in [0.25, 0.3) is 11.5 Å². The Kier molecular flexibility index (Phi) is 3.02. The molecule has 0 radical (unpaired) electrons. The number of nitrogens with zero attached hydrogens (tertiary/aromatic N) is 3. The maximum atomic E-state index is 13.5. The van der Waals surface area contributed by atoms with Gasteiger partial charge >= 0.3 is 0 Å². The predicted molar refractivity (Wildman–Crippen MR) is 60.3 cm³/mol. The Labute approximate surface area is 103 Å². The lowest BCUT2D eigenvalue weighted by Gasteiger charge is -2.18. The van der Waals surface area contributed by atoms with E-state index < -0.39 is 5.82 Å². The van der Waals surface area contributed by atoms with Gasteiger partial charge in [-0.2, -0.15) is 0 Å². The van der Waals surface area contributed by atoms with Crippen LogP contribution < -0.4 is 0 Å². The summed E-state index contributed by atoms with van der Waals surface area (Å²) in [5.74, 6) is 0.355. The molecular weight excluding hydrogens is 237 g/mol. The van der Waals surface area contributed by atoms with Gasteiger partial charge in [-0.25, -0.2) is 4.39 Å². The average Bonchev–Trinajstić information content (AvgIpc) is 2.90. The van der Waals surface area contributed by atoms with E-state index in [0.29, 0.717) is 12.5 Å². The molecule has 1 atom stereocenters. The van der Waals surface area contributed by atoms with Crippen molar-refractivity contribution >= 4 is 0 Å². The SMILES string of the molecule is Fc1cnccc1-c1nnc(C2CCCOC2)o1. The van der Waals surface area contributed by atoms with Crippen LogP contribution in [0.4, 0.5) is 4.39 Å². The van der Waals surface area contributed by atoms with Crippen LogP contribution in [0.5, 0.6) is 0 Å². The van der Waals surface area contributed by atoms with E-state index in [1.165, 1.54) is 12.3 Å². The van der Waals surface area contributed by atoms with E-state index in [-0.39, 0.29) is 17.4 Å². The maximum absolute atomic E-state index is 13.5. The highest BCUT2D eigenvalue weighted by Crippen LogP contribution is 2.27. The lowest BCUT2D eigenvalue weighted by Crippen LogP contribution is -2.15. The average molecular weight is 249 g/mol. The third kappa shape index (κ3) is 2.11. The number of pyridine rings is 1. The van der Waals surface area contributed by atoms with Crippen LogP contribution in [0.15, 0.2) is 22.9 Å². The van der Waals surface area contributed by atoms with Gasteiger partial charge in [0.05, 0.1) is 24.3 Å². The maximum Gasteiger partial charge on any atom is 0.250 e. The highest BCUT2D eigenvalue weighted by atomic mass is 19.1. The summed E-state index contributed by atoms with van der Waals surface area (Å²) in [6, 6.07) is 1.52. The minimum Gasteiger partial charge on any atom is -0.420 e. The van der Waals surface area contributed by atoms with E-state index in [9.17, 15) is 4.39 Å². The molecule has 0 N–H and O–H groups in total. The van der Waals surface area contributed by atoms with Gasteiger partial charge in [-0.15, -0.1) is 10.2 Å². The fourth-order valence-corrected chi connectivity index (χ4v) is 1.99. The summed E-state index contributed by atoms with van der Waals surface area (Å²) in [6.07, 6.45) is 4.56. The number of ether oxygens (including phenoxy) is 1. The fourth-order valence-electron chi connectivity index (χ4n) is 1.99. The van der Waals surface area contributed by atoms with Gasteiger partial charge in [0, 0.05) is 12.8 Å². The molecule has 0 saturated carbocycles. The molecule has 94 valence electrons. The summed E-state index contributed by atoms with van der Waals surface area (Å²) in [5, 5.41) is 7.86. The molecule has 0 amide bonds. The van der Waals surface area contributed by atoms with Crippen LogP contribution in [0.2, 0.25) is 0 Å². The van der Waals surface area contributed by atoms with Gasteiger partial charge in [0.2, 0.25) is 5.89 Å². The molecule has 2 aromatic heterocycles. The standard InChI is InChI=1S/C12H12FN3O2/c13-10-6-14-4-3-9(10)12-16-15-11(18-12)8-2-1-5-17-7-8/h3-4,6,8H,1-2,5,7H2. The minimum absolute atomic E-state index is 0.116. The molecule has 0 spiro atoms. The molecule has 1 aliphatic rings. The second-order valence-corrected chi connectivity index (χ2v) is 4.22. The van der Waals surface area contributed by atoms with Crippen molar-refractivity contribution in [2.75, 3.05) is 13.2 Å². The Bertz CT molecular complexity index is 538. The van der Waals surface area contributed by atoms with Gasteiger partial charge in [-0.1, -0.05) is 0 Å². The van der Waals surface area contributed by atoms with Gasteiger partial charge in [0.25, 0.3) is 5.89 Å². The summed E-state index contributed by atoms with van der Waals surface area (Å²) in [5.41, 5.74) is 0.278. The van der Waals surface area contributed by atoms with Crippen molar-refractivity contribution in [3.05, 3.63) is 30.2 Å². The summed E-state index contributed by atoms with van der Waals surface area (Å²) in [6.45, 7) is 1.36. The molecule has 6 heteroatoms. The molecule has 5 nitrogen and oxygen atoms in total. The monoisotopic (exact) mass is 249 g/mol. The molecule has 3 rings (SSSR count). The number of hydrogen-bond donors (Lipinski definition) is 0. The van der Waals surface area contributed by atoms with E-state index in [2.05, 4.69) is 15.2 Å². The Morgan fingerprint density at radius 1 is 1.33 bits per heavy atom. The van der Waals surface area contributed by atoms with E-state index >= 15 is 0 Å². The van der Waals surface area contributed by atoms with Crippen molar-refractivity contribution in [1.29, 1.82) is 0 Å². The highest BCUT2D eigenvalue weighted by Gasteiger charge is 2.23. The van der Waals surface area contributed by atoms with Gasteiger partial charge in [-0.05, 0) is 18.9 Å². The Hall–Kier alpha value is -1.82. The lowest BCUT2D eigenvalue weighted by atomic mass is 10.0. The molecule has 0 bridgehead atoms. The van der Waals surface area contributed by atoms with Crippen LogP contribution in [0, 0.1) is 5.82 Å². The quantitative estimate of drug-likeness (QED) is 0.816. The number of rotatable bonds is 2. The van der Waals surface area contributed by atoms with Crippen molar-refractivity contribution in [1.82, 2.24) is 15.2 Å². The summed E-state index contributed by atoms with van der Waals surface area (Å²) < 4.78 is 24.4. The third-order valence-corrected chi connectivity index (χ3v) is 2.95. The Morgan fingerprint density at radius 3 is 3.06 bits per heavy atom. The first kappa shape index (κ1) is 11.3. The van der Waals surface area contributed by atoms with E-state index in [0.717, 1.165) is 25.6 Å². The molecule has 0 aromatic carbocycles. The summed E-state index contributed by atoms with van der Waals surface area (Å²) in [4.78, 5) is 3.68. The zero-order valence-corrected chi connectivity index (χ0v) is 9.67. The topological polar surface area (TPSA) is 61.0 Å². The van der Waals surface area contributed by atoms with E-state index in [1.54, 1.807) is 0 Å². The van der Waals surface area contributed by atoms with Crippen LogP contribution in [-0.2, 0) is 4.74 Å². The van der Waals surface area contributed by atoms with Crippen molar-refractivity contribution < 1.29 is 13.5 Å². The van der Waals surface area contributed by atoms with Gasteiger partial charge in [-0.3, -0.25) is 4.98 Å². The first-order chi connectivity index (χ1) is 8.84. The van der Waals surface area contributed by atoms with Crippen molar-refractivity contribution in [2.45, 2.75) is 18.8 Å². The minimum atomic E-state index is -0.465. The lowest BCUT2D eigenvalue weighted by molar-refractivity contribution is 0.0727. The second-order valence-electron chi connectivity index (χ2n) is 4.22. The molecule has 1 fully saturated rings. The van der Waals surface area contributed by atoms with Gasteiger partial charge in [0.1, 0.15) is 0 Å². The molecule has 1 aliphatic heterocycles. The van der Waals surface area contributed by atoms with Crippen LogP contribution >= 0.6 is 0 Å². The highest BCUT2D eigenvalue weighted by molar-refractivity contribution is 5.52. The Morgan fingerprint density at radius 2 is 2.28 bits per heavy atom. The molecule has 3 heterocycles. The molecular formula is C12H12FN3O2. The first-order valence-electron chi connectivity index (χ1n) is 5.85. The van der Waals surface area contributed by atoms with Gasteiger partial charge in [0.15, 0.2) is 5.82 Å². The molecule has 1 saturated heterocycles. The van der Waals surface area contributed by atoms with Crippen molar-refractivity contribution in [3.8, 4) is 11.5 Å². The first-order valence-corrected chi connectivity index (χ1v) is 5.85. The Balaban J connectivity index is 1.87. The largest absolute Gasteiger partial charge is 0.420 e. The van der Waals surface area contributed by atoms with Crippen molar-refractivity contribution in [3.63, 3.8) is 0 Å². The number of halogens is 1. The smallest absolute Gasteiger partial charge is 0.250 e.